The third-order valence-electron chi connectivity index (χ3n) is 2.21. The van der Waals surface area contributed by atoms with Crippen LogP contribution in [-0.2, 0) is 9.59 Å². The van der Waals surface area contributed by atoms with Crippen molar-refractivity contribution in [1.82, 2.24) is 10.6 Å². The molecular formula is C10H18N2O5S. The molecule has 1 atom stereocenters. The molecule has 1 unspecified atom stereocenters. The number of carbonyl (C=O) groups is 3. The second kappa shape index (κ2) is 7.10. The largest absolute Gasteiger partial charge is 0.481 e. The molecule has 18 heavy (non-hydrogen) atoms. The summed E-state index contributed by atoms with van der Waals surface area (Å²) in [5.74, 6) is -2.66. The Balaban J connectivity index is 4.27. The van der Waals surface area contributed by atoms with Gasteiger partial charge in [0.25, 0.3) is 0 Å². The van der Waals surface area contributed by atoms with Gasteiger partial charge in [-0.15, -0.1) is 0 Å². The van der Waals surface area contributed by atoms with Gasteiger partial charge in [0.05, 0.1) is 6.42 Å². The minimum Gasteiger partial charge on any atom is -0.481 e. The normalized spacial score (nSPS) is 12.6. The van der Waals surface area contributed by atoms with Gasteiger partial charge in [0.15, 0.2) is 0 Å². The molecule has 8 heteroatoms. The van der Waals surface area contributed by atoms with Gasteiger partial charge >= 0.3 is 18.0 Å². The van der Waals surface area contributed by atoms with Crippen LogP contribution in [0.3, 0.4) is 0 Å². The highest BCUT2D eigenvalue weighted by Crippen LogP contribution is 2.19. The van der Waals surface area contributed by atoms with Gasteiger partial charge in [0.1, 0.15) is 6.04 Å². The highest BCUT2D eigenvalue weighted by atomic mass is 32.2. The van der Waals surface area contributed by atoms with Gasteiger partial charge in [0.2, 0.25) is 0 Å². The lowest BCUT2D eigenvalue weighted by molar-refractivity contribution is -0.145. The van der Waals surface area contributed by atoms with Crippen molar-refractivity contribution < 1.29 is 24.6 Å². The molecule has 0 aliphatic carbocycles. The van der Waals surface area contributed by atoms with Crippen LogP contribution in [0.15, 0.2) is 0 Å². The number of amides is 2. The molecule has 0 spiro atoms. The molecule has 4 N–H and O–H groups in total. The molecule has 0 fully saturated rings. The maximum absolute atomic E-state index is 11.4. The van der Waals surface area contributed by atoms with Gasteiger partial charge in [-0.2, -0.15) is 11.8 Å². The third kappa shape index (κ3) is 7.00. The topological polar surface area (TPSA) is 116 Å². The summed E-state index contributed by atoms with van der Waals surface area (Å²) in [4.78, 5) is 32.6. The first kappa shape index (κ1) is 16.6. The van der Waals surface area contributed by atoms with Crippen LogP contribution in [0.25, 0.3) is 0 Å². The Hall–Kier alpha value is -1.44. The molecule has 0 aromatic carbocycles. The van der Waals surface area contributed by atoms with Crippen LogP contribution >= 0.6 is 11.8 Å². The van der Waals surface area contributed by atoms with Crippen LogP contribution in [0.2, 0.25) is 0 Å². The standard InChI is InChI=1S/C10H18N2O5S/c1-10(2,18-3)5-11-9(17)12-6(8(15)16)4-7(13)14/h6H,4-5H2,1-3H3,(H,13,14)(H,15,16)(H2,11,12,17). The van der Waals surface area contributed by atoms with E-state index in [1.54, 1.807) is 11.8 Å². The maximum Gasteiger partial charge on any atom is 0.326 e. The van der Waals surface area contributed by atoms with E-state index in [0.717, 1.165) is 0 Å². The van der Waals surface area contributed by atoms with Crippen molar-refractivity contribution in [1.29, 1.82) is 0 Å². The van der Waals surface area contributed by atoms with Crippen molar-refractivity contribution >= 4 is 29.7 Å². The van der Waals surface area contributed by atoms with Crippen molar-refractivity contribution in [3.8, 4) is 0 Å². The number of thioether (sulfide) groups is 1. The van der Waals surface area contributed by atoms with E-state index in [2.05, 4.69) is 10.6 Å². The van der Waals surface area contributed by atoms with E-state index < -0.39 is 30.4 Å². The van der Waals surface area contributed by atoms with Crippen LogP contribution in [0.1, 0.15) is 20.3 Å². The quantitative estimate of drug-likeness (QED) is 0.534. The van der Waals surface area contributed by atoms with Crippen LogP contribution < -0.4 is 10.6 Å². The van der Waals surface area contributed by atoms with E-state index in [0.29, 0.717) is 6.54 Å². The zero-order valence-corrected chi connectivity index (χ0v) is 11.3. The molecule has 0 aliphatic heterocycles. The van der Waals surface area contributed by atoms with Crippen molar-refractivity contribution in [3.05, 3.63) is 0 Å². The molecule has 0 aliphatic rings. The summed E-state index contributed by atoms with van der Waals surface area (Å²) in [6.07, 6.45) is 1.23. The average Bonchev–Trinajstić information content (AvgIpc) is 2.25. The monoisotopic (exact) mass is 278 g/mol. The summed E-state index contributed by atoms with van der Waals surface area (Å²) >= 11 is 1.55. The first-order valence-corrected chi connectivity index (χ1v) is 6.44. The first-order valence-electron chi connectivity index (χ1n) is 5.22. The molecule has 0 rings (SSSR count). The summed E-state index contributed by atoms with van der Waals surface area (Å²) < 4.78 is -0.178. The number of nitrogens with one attached hydrogen (secondary N) is 2. The summed E-state index contributed by atoms with van der Waals surface area (Å²) in [6.45, 7) is 4.19. The SMILES string of the molecule is CSC(C)(C)CNC(=O)NC(CC(=O)O)C(=O)O. The Kier molecular flexibility index (Phi) is 6.53. The molecule has 2 amide bonds. The van der Waals surface area contributed by atoms with Crippen molar-refractivity contribution in [3.63, 3.8) is 0 Å². The molecule has 0 heterocycles. The predicted octanol–water partition coefficient (Wildman–Crippen LogP) is 0.355. The molecule has 7 nitrogen and oxygen atoms in total. The smallest absolute Gasteiger partial charge is 0.326 e. The van der Waals surface area contributed by atoms with Gasteiger partial charge in [-0.05, 0) is 20.1 Å². The molecular weight excluding hydrogens is 260 g/mol. The summed E-state index contributed by atoms with van der Waals surface area (Å²) in [5.41, 5.74) is 0. The van der Waals surface area contributed by atoms with Gasteiger partial charge in [-0.1, -0.05) is 0 Å². The van der Waals surface area contributed by atoms with Crippen molar-refractivity contribution in [2.24, 2.45) is 0 Å². The average molecular weight is 278 g/mol. The molecule has 0 bridgehead atoms. The van der Waals surface area contributed by atoms with Crippen molar-refractivity contribution in [2.45, 2.75) is 31.1 Å². The number of urea groups is 1. The minimum absolute atomic E-state index is 0.178. The Morgan fingerprint density at radius 1 is 1.28 bits per heavy atom. The minimum atomic E-state index is -1.43. The number of carboxylic acid groups (broad SMARTS) is 2. The van der Waals surface area contributed by atoms with E-state index >= 15 is 0 Å². The van der Waals surface area contributed by atoms with Crippen molar-refractivity contribution in [2.75, 3.05) is 12.8 Å². The number of carboxylic acids is 2. The maximum atomic E-state index is 11.4. The zero-order chi connectivity index (χ0) is 14.3. The molecule has 0 saturated heterocycles. The van der Waals surface area contributed by atoms with E-state index in [4.69, 9.17) is 10.2 Å². The fraction of sp³-hybridized carbons (Fsp3) is 0.700. The van der Waals surface area contributed by atoms with E-state index in [1.165, 1.54) is 0 Å². The lowest BCUT2D eigenvalue weighted by Crippen LogP contribution is -2.49. The fourth-order valence-corrected chi connectivity index (χ4v) is 1.17. The second-order valence-corrected chi connectivity index (χ2v) is 5.79. The van der Waals surface area contributed by atoms with Crippen LogP contribution in [0.5, 0.6) is 0 Å². The summed E-state index contributed by atoms with van der Waals surface area (Å²) in [7, 11) is 0. The first-order chi connectivity index (χ1) is 8.18. The highest BCUT2D eigenvalue weighted by molar-refractivity contribution is 7.99. The van der Waals surface area contributed by atoms with Gasteiger partial charge in [-0.3, -0.25) is 4.79 Å². The van der Waals surface area contributed by atoms with Crippen LogP contribution in [0, 0.1) is 0 Å². The fourth-order valence-electron chi connectivity index (χ4n) is 0.949. The number of rotatable bonds is 7. The molecule has 0 radical (unpaired) electrons. The zero-order valence-electron chi connectivity index (χ0n) is 10.5. The Morgan fingerprint density at radius 2 is 1.83 bits per heavy atom. The van der Waals surface area contributed by atoms with E-state index in [1.807, 2.05) is 20.1 Å². The summed E-state index contributed by atoms with van der Waals surface area (Å²) in [5, 5.41) is 21.8. The summed E-state index contributed by atoms with van der Waals surface area (Å²) in [6, 6.07) is -2.12. The Morgan fingerprint density at radius 3 is 2.22 bits per heavy atom. The highest BCUT2D eigenvalue weighted by Gasteiger charge is 2.24. The van der Waals surface area contributed by atoms with E-state index in [9.17, 15) is 14.4 Å². The number of aliphatic carboxylic acids is 2. The molecule has 0 aromatic heterocycles. The number of carbonyl (C=O) groups excluding carboxylic acids is 1. The van der Waals surface area contributed by atoms with Gasteiger partial charge in [-0.25, -0.2) is 9.59 Å². The number of hydrogen-bond donors (Lipinski definition) is 4. The van der Waals surface area contributed by atoms with Gasteiger partial charge < -0.3 is 20.8 Å². The molecule has 104 valence electrons. The molecule has 0 aromatic rings. The van der Waals surface area contributed by atoms with E-state index in [-0.39, 0.29) is 4.75 Å². The van der Waals surface area contributed by atoms with Crippen LogP contribution in [-0.4, -0.2) is 51.8 Å². The van der Waals surface area contributed by atoms with Crippen LogP contribution in [0.4, 0.5) is 4.79 Å². The Bertz CT molecular complexity index is 332. The lowest BCUT2D eigenvalue weighted by Gasteiger charge is -2.23. The molecule has 0 saturated carbocycles. The van der Waals surface area contributed by atoms with Gasteiger partial charge in [0, 0.05) is 11.3 Å². The Labute approximate surface area is 109 Å². The lowest BCUT2D eigenvalue weighted by atomic mass is 10.2. The second-order valence-electron chi connectivity index (χ2n) is 4.28. The predicted molar refractivity (Wildman–Crippen MR) is 67.8 cm³/mol. The third-order valence-corrected chi connectivity index (χ3v) is 3.46. The number of hydrogen-bond acceptors (Lipinski definition) is 4.